The van der Waals surface area contributed by atoms with Gasteiger partial charge in [0.05, 0.1) is 6.61 Å². The number of carbonyl (C=O) groups is 1. The van der Waals surface area contributed by atoms with Crippen molar-refractivity contribution in [2.24, 2.45) is 5.73 Å². The summed E-state index contributed by atoms with van der Waals surface area (Å²) in [7, 11) is 0. The van der Waals surface area contributed by atoms with E-state index in [2.05, 4.69) is 6.92 Å². The van der Waals surface area contributed by atoms with Gasteiger partial charge in [-0.05, 0) is 19.3 Å². The van der Waals surface area contributed by atoms with Gasteiger partial charge in [0.1, 0.15) is 0 Å². The summed E-state index contributed by atoms with van der Waals surface area (Å²) in [5.74, 6) is 0. The van der Waals surface area contributed by atoms with Crippen LogP contribution in [0.15, 0.2) is 0 Å². The van der Waals surface area contributed by atoms with Crippen molar-refractivity contribution in [3.05, 3.63) is 0 Å². The molecule has 0 aliphatic carbocycles. The van der Waals surface area contributed by atoms with Crippen molar-refractivity contribution >= 4 is 6.09 Å². The molecule has 1 saturated heterocycles. The van der Waals surface area contributed by atoms with Gasteiger partial charge in [0.15, 0.2) is 0 Å². The van der Waals surface area contributed by atoms with Gasteiger partial charge >= 0.3 is 6.09 Å². The molecular weight excluding hydrogens is 180 g/mol. The molecule has 0 radical (unpaired) electrons. The van der Waals surface area contributed by atoms with Gasteiger partial charge in [-0.25, -0.2) is 4.79 Å². The van der Waals surface area contributed by atoms with Crippen LogP contribution in [0, 0.1) is 0 Å². The van der Waals surface area contributed by atoms with Gasteiger partial charge < -0.3 is 15.4 Å². The first-order valence-corrected chi connectivity index (χ1v) is 5.41. The minimum Gasteiger partial charge on any atom is -0.449 e. The smallest absolute Gasteiger partial charge is 0.409 e. The molecule has 14 heavy (non-hydrogen) atoms. The maximum atomic E-state index is 11.5. The average molecular weight is 200 g/mol. The second-order valence-electron chi connectivity index (χ2n) is 3.82. The molecule has 1 rings (SSSR count). The fourth-order valence-corrected chi connectivity index (χ4v) is 1.57. The molecule has 2 N–H and O–H groups in total. The summed E-state index contributed by atoms with van der Waals surface area (Å²) in [6, 6.07) is 0.127. The summed E-state index contributed by atoms with van der Waals surface area (Å²) in [6.07, 6.45) is 3.79. The normalized spacial score (nSPS) is 22.1. The highest BCUT2D eigenvalue weighted by molar-refractivity contribution is 5.67. The van der Waals surface area contributed by atoms with Gasteiger partial charge in [-0.3, -0.25) is 0 Å². The largest absolute Gasteiger partial charge is 0.449 e. The number of likely N-dealkylation sites (tertiary alicyclic amines) is 1. The first-order chi connectivity index (χ1) is 6.74. The molecule has 1 aliphatic heterocycles. The van der Waals surface area contributed by atoms with E-state index in [1.165, 1.54) is 0 Å². The van der Waals surface area contributed by atoms with E-state index in [-0.39, 0.29) is 12.1 Å². The topological polar surface area (TPSA) is 55.6 Å². The molecule has 0 saturated carbocycles. The fourth-order valence-electron chi connectivity index (χ4n) is 1.57. The van der Waals surface area contributed by atoms with Crippen molar-refractivity contribution in [1.82, 2.24) is 4.90 Å². The third-order valence-electron chi connectivity index (χ3n) is 2.44. The lowest BCUT2D eigenvalue weighted by atomic mass is 10.1. The molecular formula is C10H20N2O2. The second-order valence-corrected chi connectivity index (χ2v) is 3.82. The van der Waals surface area contributed by atoms with Crippen LogP contribution in [0.2, 0.25) is 0 Å². The van der Waals surface area contributed by atoms with Crippen LogP contribution < -0.4 is 5.73 Å². The predicted molar refractivity (Wildman–Crippen MR) is 55.0 cm³/mol. The highest BCUT2D eigenvalue weighted by Crippen LogP contribution is 2.09. The van der Waals surface area contributed by atoms with E-state index >= 15 is 0 Å². The number of hydrogen-bond acceptors (Lipinski definition) is 3. The number of ether oxygens (including phenoxy) is 1. The lowest BCUT2D eigenvalue weighted by molar-refractivity contribution is 0.0908. The van der Waals surface area contributed by atoms with Crippen molar-refractivity contribution in [1.29, 1.82) is 0 Å². The molecule has 1 heterocycles. The SMILES string of the molecule is CCCCOC(=O)N1CCC[C@H](N)C1. The number of nitrogens with two attached hydrogens (primary N) is 1. The Morgan fingerprint density at radius 2 is 2.43 bits per heavy atom. The standard InChI is InChI=1S/C10H20N2O2/c1-2-3-7-14-10(13)12-6-4-5-9(11)8-12/h9H,2-8,11H2,1H3/t9-/m0/s1. The number of nitrogens with zero attached hydrogens (tertiary/aromatic N) is 1. The van der Waals surface area contributed by atoms with Crippen LogP contribution in [0.25, 0.3) is 0 Å². The van der Waals surface area contributed by atoms with Gasteiger partial charge in [-0.15, -0.1) is 0 Å². The average Bonchev–Trinajstić information content (AvgIpc) is 2.18. The molecule has 0 unspecified atom stereocenters. The Bertz CT molecular complexity index is 185. The van der Waals surface area contributed by atoms with Gasteiger partial charge in [0, 0.05) is 19.1 Å². The molecule has 4 heteroatoms. The lowest BCUT2D eigenvalue weighted by Gasteiger charge is -2.29. The van der Waals surface area contributed by atoms with E-state index in [0.29, 0.717) is 13.2 Å². The highest BCUT2D eigenvalue weighted by atomic mass is 16.6. The maximum absolute atomic E-state index is 11.5. The summed E-state index contributed by atoms with van der Waals surface area (Å²) in [4.78, 5) is 13.2. The Hall–Kier alpha value is -0.770. The van der Waals surface area contributed by atoms with Crippen LogP contribution in [0.5, 0.6) is 0 Å². The first kappa shape index (κ1) is 11.3. The van der Waals surface area contributed by atoms with Crippen LogP contribution >= 0.6 is 0 Å². The number of unbranched alkanes of at least 4 members (excludes halogenated alkanes) is 1. The number of carbonyl (C=O) groups excluding carboxylic acids is 1. The first-order valence-electron chi connectivity index (χ1n) is 5.41. The summed E-state index contributed by atoms with van der Waals surface area (Å²) >= 11 is 0. The third-order valence-corrected chi connectivity index (χ3v) is 2.44. The number of rotatable bonds is 3. The van der Waals surface area contributed by atoms with E-state index in [1.54, 1.807) is 4.90 Å². The van der Waals surface area contributed by atoms with Gasteiger partial charge in [-0.1, -0.05) is 13.3 Å². The molecule has 0 aromatic rings. The van der Waals surface area contributed by atoms with E-state index in [1.807, 2.05) is 0 Å². The van der Waals surface area contributed by atoms with Crippen molar-refractivity contribution in [3.8, 4) is 0 Å². The minimum atomic E-state index is -0.200. The van der Waals surface area contributed by atoms with E-state index in [0.717, 1.165) is 32.2 Å². The van der Waals surface area contributed by atoms with Gasteiger partial charge in [-0.2, -0.15) is 0 Å². The van der Waals surface area contributed by atoms with Crippen molar-refractivity contribution in [3.63, 3.8) is 0 Å². The zero-order valence-corrected chi connectivity index (χ0v) is 8.87. The predicted octanol–water partition coefficient (Wildman–Crippen LogP) is 1.35. The zero-order chi connectivity index (χ0) is 10.4. The Labute approximate surface area is 85.4 Å². The summed E-state index contributed by atoms with van der Waals surface area (Å²) in [5, 5.41) is 0. The molecule has 1 aliphatic rings. The third kappa shape index (κ3) is 3.54. The zero-order valence-electron chi connectivity index (χ0n) is 8.87. The lowest BCUT2D eigenvalue weighted by Crippen LogP contribution is -2.45. The summed E-state index contributed by atoms with van der Waals surface area (Å²) in [6.45, 7) is 4.04. The summed E-state index contributed by atoms with van der Waals surface area (Å²) in [5.41, 5.74) is 5.77. The van der Waals surface area contributed by atoms with Gasteiger partial charge in [0.2, 0.25) is 0 Å². The van der Waals surface area contributed by atoms with Crippen molar-refractivity contribution < 1.29 is 9.53 Å². The van der Waals surface area contributed by atoms with Crippen LogP contribution in [-0.4, -0.2) is 36.7 Å². The number of amides is 1. The fraction of sp³-hybridized carbons (Fsp3) is 0.900. The number of hydrogen-bond donors (Lipinski definition) is 1. The minimum absolute atomic E-state index is 0.127. The van der Waals surface area contributed by atoms with Crippen LogP contribution in [0.1, 0.15) is 32.6 Å². The maximum Gasteiger partial charge on any atom is 0.409 e. The Morgan fingerprint density at radius 3 is 3.07 bits per heavy atom. The van der Waals surface area contributed by atoms with E-state index in [9.17, 15) is 4.79 Å². The molecule has 1 amide bonds. The van der Waals surface area contributed by atoms with Crippen LogP contribution in [-0.2, 0) is 4.74 Å². The monoisotopic (exact) mass is 200 g/mol. The second kappa shape index (κ2) is 5.86. The summed E-state index contributed by atoms with van der Waals surface area (Å²) < 4.78 is 5.10. The molecule has 1 atom stereocenters. The quantitative estimate of drug-likeness (QED) is 0.699. The van der Waals surface area contributed by atoms with E-state index < -0.39 is 0 Å². The number of piperidine rings is 1. The molecule has 82 valence electrons. The molecule has 0 spiro atoms. The Kier molecular flexibility index (Phi) is 4.73. The van der Waals surface area contributed by atoms with Gasteiger partial charge in [0.25, 0.3) is 0 Å². The van der Waals surface area contributed by atoms with E-state index in [4.69, 9.17) is 10.5 Å². The van der Waals surface area contributed by atoms with Crippen LogP contribution in [0.3, 0.4) is 0 Å². The van der Waals surface area contributed by atoms with Crippen molar-refractivity contribution in [2.45, 2.75) is 38.6 Å². The Morgan fingerprint density at radius 1 is 1.64 bits per heavy atom. The molecule has 0 aromatic heterocycles. The molecule has 1 fully saturated rings. The molecule has 0 bridgehead atoms. The highest BCUT2D eigenvalue weighted by Gasteiger charge is 2.21. The molecule has 0 aromatic carbocycles. The van der Waals surface area contributed by atoms with Crippen molar-refractivity contribution in [2.75, 3.05) is 19.7 Å². The Balaban J connectivity index is 2.22. The van der Waals surface area contributed by atoms with Crippen LogP contribution in [0.4, 0.5) is 4.79 Å². The molecule has 4 nitrogen and oxygen atoms in total.